The van der Waals surface area contributed by atoms with E-state index >= 15 is 0 Å². The minimum Gasteiger partial charge on any atom is -0.462 e. The van der Waals surface area contributed by atoms with E-state index in [9.17, 15) is 22.0 Å². The van der Waals surface area contributed by atoms with Crippen LogP contribution in [0.25, 0.3) is 0 Å². The molecule has 2 aromatic rings. The Hall–Kier alpha value is -2.56. The molecule has 168 valence electrons. The molecule has 7 nitrogen and oxygen atoms in total. The molecule has 1 saturated heterocycles. The molecule has 2 aromatic carbocycles. The Morgan fingerprint density at radius 1 is 1.00 bits per heavy atom. The molecular weight excluding hydrogens is 430 g/mol. The number of rotatable bonds is 8. The van der Waals surface area contributed by atoms with Crippen molar-refractivity contribution in [1.29, 1.82) is 0 Å². The molecule has 1 fully saturated rings. The molecule has 0 unspecified atom stereocenters. The van der Waals surface area contributed by atoms with Gasteiger partial charge in [-0.1, -0.05) is 12.1 Å². The molecule has 3 rings (SSSR count). The molecule has 1 aliphatic heterocycles. The maximum atomic E-state index is 12.9. The molecule has 0 aromatic heterocycles. The molecule has 0 radical (unpaired) electrons. The summed E-state index contributed by atoms with van der Waals surface area (Å²) in [7, 11) is -3.66. The van der Waals surface area contributed by atoms with E-state index in [-0.39, 0.29) is 17.3 Å². The molecule has 0 bridgehead atoms. The van der Waals surface area contributed by atoms with Crippen molar-refractivity contribution in [3.8, 4) is 5.75 Å². The highest BCUT2D eigenvalue weighted by Gasteiger charge is 2.28. The molecule has 31 heavy (non-hydrogen) atoms. The van der Waals surface area contributed by atoms with E-state index in [1.807, 2.05) is 0 Å². The lowest BCUT2D eigenvalue weighted by molar-refractivity contribution is -0.0498. The molecule has 0 atom stereocenters. The fourth-order valence-corrected chi connectivity index (χ4v) is 4.71. The quantitative estimate of drug-likeness (QED) is 0.571. The normalized spacial score (nSPS) is 15.7. The fourth-order valence-electron chi connectivity index (χ4n) is 3.29. The second-order valence-electron chi connectivity index (χ2n) is 6.95. The largest absolute Gasteiger partial charge is 0.462 e. The zero-order chi connectivity index (χ0) is 22.4. The Bertz CT molecular complexity index is 974. The van der Waals surface area contributed by atoms with Gasteiger partial charge in [0.1, 0.15) is 5.75 Å². The number of ether oxygens (including phenoxy) is 2. The van der Waals surface area contributed by atoms with Gasteiger partial charge < -0.3 is 9.47 Å². The summed E-state index contributed by atoms with van der Waals surface area (Å²) in [5.74, 6) is -0.391. The van der Waals surface area contributed by atoms with Gasteiger partial charge in [-0.3, -0.25) is 4.90 Å². The van der Waals surface area contributed by atoms with Crippen molar-refractivity contribution in [2.24, 2.45) is 0 Å². The monoisotopic (exact) mass is 454 g/mol. The van der Waals surface area contributed by atoms with Crippen LogP contribution in [-0.2, 0) is 21.3 Å². The summed E-state index contributed by atoms with van der Waals surface area (Å²) in [4.78, 5) is 14.0. The second-order valence-corrected chi connectivity index (χ2v) is 8.89. The topological polar surface area (TPSA) is 76.2 Å². The lowest BCUT2D eigenvalue weighted by atomic mass is 10.2. The van der Waals surface area contributed by atoms with Crippen LogP contribution in [0.3, 0.4) is 0 Å². The van der Waals surface area contributed by atoms with Crippen molar-refractivity contribution in [3.05, 3.63) is 59.7 Å². The summed E-state index contributed by atoms with van der Waals surface area (Å²) in [6.07, 6.45) is 0. The third-order valence-corrected chi connectivity index (χ3v) is 6.80. The Labute approximate surface area is 180 Å². The van der Waals surface area contributed by atoms with Gasteiger partial charge in [0.15, 0.2) is 0 Å². The highest BCUT2D eigenvalue weighted by molar-refractivity contribution is 7.89. The molecular formula is C21H24F2N2O5S. The van der Waals surface area contributed by atoms with Crippen LogP contribution in [0.2, 0.25) is 0 Å². The summed E-state index contributed by atoms with van der Waals surface area (Å²) in [6, 6.07) is 12.1. The van der Waals surface area contributed by atoms with Crippen LogP contribution in [-0.4, -0.2) is 63.0 Å². The molecule has 0 N–H and O–H groups in total. The average molecular weight is 454 g/mol. The Morgan fingerprint density at radius 3 is 2.16 bits per heavy atom. The van der Waals surface area contributed by atoms with Crippen molar-refractivity contribution in [3.63, 3.8) is 0 Å². The molecule has 0 amide bonds. The van der Waals surface area contributed by atoms with Crippen molar-refractivity contribution in [1.82, 2.24) is 9.21 Å². The smallest absolute Gasteiger partial charge is 0.387 e. The minimum absolute atomic E-state index is 0.101. The van der Waals surface area contributed by atoms with Gasteiger partial charge in [-0.2, -0.15) is 13.1 Å². The van der Waals surface area contributed by atoms with E-state index in [0.29, 0.717) is 38.3 Å². The first-order valence-corrected chi connectivity index (χ1v) is 11.3. The number of halogens is 2. The van der Waals surface area contributed by atoms with Crippen molar-refractivity contribution in [2.45, 2.75) is 25.0 Å². The molecule has 0 saturated carbocycles. The first kappa shape index (κ1) is 23.1. The number of alkyl halides is 2. The zero-order valence-electron chi connectivity index (χ0n) is 17.0. The van der Waals surface area contributed by atoms with Crippen LogP contribution in [0, 0.1) is 0 Å². The number of hydrogen-bond acceptors (Lipinski definition) is 6. The lowest BCUT2D eigenvalue weighted by Gasteiger charge is -2.34. The number of esters is 1. The summed E-state index contributed by atoms with van der Waals surface area (Å²) >= 11 is 0. The maximum absolute atomic E-state index is 12.9. The van der Waals surface area contributed by atoms with Gasteiger partial charge in [0.05, 0.1) is 17.1 Å². The molecule has 1 aliphatic rings. The number of hydrogen-bond donors (Lipinski definition) is 0. The van der Waals surface area contributed by atoms with Crippen LogP contribution >= 0.6 is 0 Å². The number of nitrogens with zero attached hydrogens (tertiary/aromatic N) is 2. The van der Waals surface area contributed by atoms with Crippen LogP contribution in [0.5, 0.6) is 5.75 Å². The van der Waals surface area contributed by atoms with Crippen molar-refractivity contribution < 1.29 is 31.5 Å². The SMILES string of the molecule is CCOC(=O)c1ccc(S(=O)(=O)N2CCN(Cc3ccc(OC(F)F)cc3)CC2)cc1. The summed E-state index contributed by atoms with van der Waals surface area (Å²) < 4.78 is 60.9. The van der Waals surface area contributed by atoms with Gasteiger partial charge in [-0.05, 0) is 48.9 Å². The van der Waals surface area contributed by atoms with Gasteiger partial charge in [0.25, 0.3) is 0 Å². The van der Waals surface area contributed by atoms with E-state index in [1.54, 1.807) is 19.1 Å². The van der Waals surface area contributed by atoms with Gasteiger partial charge in [0.2, 0.25) is 10.0 Å². The van der Waals surface area contributed by atoms with Gasteiger partial charge >= 0.3 is 12.6 Å². The standard InChI is InChI=1S/C21H24F2N2O5S/c1-2-29-20(26)17-5-9-19(10-6-17)31(27,28)25-13-11-24(12-14-25)15-16-3-7-18(8-4-16)30-21(22)23/h3-10,21H,2,11-15H2,1H3. The second kappa shape index (κ2) is 10.2. The van der Waals surface area contributed by atoms with Gasteiger partial charge in [-0.15, -0.1) is 0 Å². The Balaban J connectivity index is 1.56. The maximum Gasteiger partial charge on any atom is 0.387 e. The van der Waals surface area contributed by atoms with Crippen LogP contribution in [0.15, 0.2) is 53.4 Å². The third-order valence-electron chi connectivity index (χ3n) is 4.89. The summed E-state index contributed by atoms with van der Waals surface area (Å²) in [6.45, 7) is 1.40. The highest BCUT2D eigenvalue weighted by Crippen LogP contribution is 2.20. The Kier molecular flexibility index (Phi) is 7.58. The molecule has 1 heterocycles. The highest BCUT2D eigenvalue weighted by atomic mass is 32.2. The third kappa shape index (κ3) is 5.99. The number of benzene rings is 2. The molecule has 0 spiro atoms. The number of sulfonamides is 1. The van der Waals surface area contributed by atoms with E-state index in [4.69, 9.17) is 4.74 Å². The van der Waals surface area contributed by atoms with E-state index in [2.05, 4.69) is 9.64 Å². The Morgan fingerprint density at radius 2 is 1.61 bits per heavy atom. The predicted molar refractivity (Wildman–Crippen MR) is 110 cm³/mol. The predicted octanol–water partition coefficient (Wildman–Crippen LogP) is 2.97. The van der Waals surface area contributed by atoms with Crippen molar-refractivity contribution >= 4 is 16.0 Å². The summed E-state index contributed by atoms with van der Waals surface area (Å²) in [5.41, 5.74) is 1.23. The van der Waals surface area contributed by atoms with Gasteiger partial charge in [0, 0.05) is 32.7 Å². The van der Waals surface area contributed by atoms with E-state index in [0.717, 1.165) is 5.56 Å². The molecule has 0 aliphatic carbocycles. The molecule has 10 heteroatoms. The fraction of sp³-hybridized carbons (Fsp3) is 0.381. The number of piperazine rings is 1. The number of carbonyl (C=O) groups is 1. The minimum atomic E-state index is -3.66. The van der Waals surface area contributed by atoms with Crippen molar-refractivity contribution in [2.75, 3.05) is 32.8 Å². The lowest BCUT2D eigenvalue weighted by Crippen LogP contribution is -2.48. The van der Waals surface area contributed by atoms with Crippen LogP contribution in [0.1, 0.15) is 22.8 Å². The summed E-state index contributed by atoms with van der Waals surface area (Å²) in [5, 5.41) is 0. The first-order valence-electron chi connectivity index (χ1n) is 9.83. The van der Waals surface area contributed by atoms with Crippen LogP contribution < -0.4 is 4.74 Å². The van der Waals surface area contributed by atoms with Gasteiger partial charge in [-0.25, -0.2) is 13.2 Å². The first-order chi connectivity index (χ1) is 14.8. The van der Waals surface area contributed by atoms with E-state index in [1.165, 1.54) is 40.7 Å². The zero-order valence-corrected chi connectivity index (χ0v) is 17.9. The van der Waals surface area contributed by atoms with Crippen LogP contribution in [0.4, 0.5) is 8.78 Å². The average Bonchev–Trinajstić information content (AvgIpc) is 2.75. The number of carbonyl (C=O) groups excluding carboxylic acids is 1. The van der Waals surface area contributed by atoms with E-state index < -0.39 is 22.6 Å².